The Labute approximate surface area is 95.0 Å². The second-order valence-electron chi connectivity index (χ2n) is 3.64. The molecule has 6 nitrogen and oxygen atoms in total. The number of carbonyl (C=O) groups excluding carboxylic acids is 1. The zero-order chi connectivity index (χ0) is 12.1. The number of ether oxygens (including phenoxy) is 1. The minimum atomic E-state index is -0.110. The highest BCUT2D eigenvalue weighted by atomic mass is 16.5. The van der Waals surface area contributed by atoms with Crippen LogP contribution in [-0.4, -0.2) is 47.9 Å². The van der Waals surface area contributed by atoms with Gasteiger partial charge < -0.3 is 15.4 Å². The smallest absolute Gasteiger partial charge is 0.258 e. The third kappa shape index (κ3) is 2.73. The van der Waals surface area contributed by atoms with Gasteiger partial charge in [-0.1, -0.05) is 0 Å². The van der Waals surface area contributed by atoms with Crippen LogP contribution in [0.2, 0.25) is 0 Å². The van der Waals surface area contributed by atoms with Crippen LogP contribution in [-0.2, 0) is 11.8 Å². The Bertz CT molecular complexity index is 362. The minimum absolute atomic E-state index is 0.110. The molecular formula is C10H18N4O2. The number of hydrogen-bond donors (Lipinski definition) is 1. The van der Waals surface area contributed by atoms with Crippen LogP contribution in [0.1, 0.15) is 16.8 Å². The van der Waals surface area contributed by atoms with Gasteiger partial charge in [0.2, 0.25) is 0 Å². The minimum Gasteiger partial charge on any atom is -0.385 e. The zero-order valence-electron chi connectivity index (χ0n) is 9.93. The van der Waals surface area contributed by atoms with E-state index in [1.807, 2.05) is 0 Å². The van der Waals surface area contributed by atoms with Crippen molar-refractivity contribution >= 4 is 11.7 Å². The van der Waals surface area contributed by atoms with Crippen molar-refractivity contribution < 1.29 is 9.53 Å². The Balaban J connectivity index is 2.60. The van der Waals surface area contributed by atoms with Gasteiger partial charge in [0.15, 0.2) is 0 Å². The molecule has 0 aliphatic heterocycles. The number of carbonyl (C=O) groups is 1. The van der Waals surface area contributed by atoms with E-state index in [1.54, 1.807) is 26.1 Å². The molecular weight excluding hydrogens is 208 g/mol. The molecule has 0 fully saturated rings. The van der Waals surface area contributed by atoms with Gasteiger partial charge in [0, 0.05) is 34.4 Å². The van der Waals surface area contributed by atoms with Crippen LogP contribution in [0.25, 0.3) is 0 Å². The molecule has 0 radical (unpaired) electrons. The maximum atomic E-state index is 11.9. The van der Waals surface area contributed by atoms with Crippen LogP contribution in [0.3, 0.4) is 0 Å². The zero-order valence-corrected chi connectivity index (χ0v) is 9.93. The van der Waals surface area contributed by atoms with Crippen LogP contribution >= 0.6 is 0 Å². The highest BCUT2D eigenvalue weighted by Gasteiger charge is 2.17. The van der Waals surface area contributed by atoms with Crippen molar-refractivity contribution in [2.24, 2.45) is 7.05 Å². The normalized spacial score (nSPS) is 10.4. The van der Waals surface area contributed by atoms with Gasteiger partial charge in [-0.15, -0.1) is 0 Å². The number of aryl methyl sites for hydroxylation is 1. The van der Waals surface area contributed by atoms with E-state index in [0.29, 0.717) is 24.5 Å². The molecule has 0 spiro atoms. The Kier molecular flexibility index (Phi) is 4.30. The molecule has 0 unspecified atom stereocenters. The first-order valence-electron chi connectivity index (χ1n) is 5.09. The van der Waals surface area contributed by atoms with Crippen LogP contribution in [0, 0.1) is 0 Å². The number of aromatic nitrogens is 2. The maximum Gasteiger partial charge on any atom is 0.258 e. The predicted octanol–water partition coefficient (Wildman–Crippen LogP) is 0.111. The van der Waals surface area contributed by atoms with E-state index < -0.39 is 0 Å². The lowest BCUT2D eigenvalue weighted by Gasteiger charge is -2.16. The first-order chi connectivity index (χ1) is 7.57. The maximum absolute atomic E-state index is 11.9. The van der Waals surface area contributed by atoms with E-state index in [9.17, 15) is 4.79 Å². The highest BCUT2D eigenvalue weighted by molar-refractivity contribution is 5.98. The monoisotopic (exact) mass is 226 g/mol. The molecule has 0 aliphatic rings. The first-order valence-corrected chi connectivity index (χ1v) is 5.09. The first kappa shape index (κ1) is 12.5. The van der Waals surface area contributed by atoms with Crippen molar-refractivity contribution in [3.63, 3.8) is 0 Å². The summed E-state index contributed by atoms with van der Waals surface area (Å²) in [7, 11) is 5.09. The fourth-order valence-electron chi connectivity index (χ4n) is 1.36. The molecule has 1 rings (SSSR count). The third-order valence-electron chi connectivity index (χ3n) is 2.40. The Morgan fingerprint density at radius 3 is 2.88 bits per heavy atom. The van der Waals surface area contributed by atoms with Gasteiger partial charge in [-0.25, -0.2) is 0 Å². The summed E-state index contributed by atoms with van der Waals surface area (Å²) in [5, 5.41) is 3.94. The largest absolute Gasteiger partial charge is 0.385 e. The second-order valence-corrected chi connectivity index (χ2v) is 3.64. The fraction of sp³-hybridized carbons (Fsp3) is 0.600. The summed E-state index contributed by atoms with van der Waals surface area (Å²) >= 11 is 0. The summed E-state index contributed by atoms with van der Waals surface area (Å²) in [6.45, 7) is 1.28. The van der Waals surface area contributed by atoms with Crippen LogP contribution in [0.5, 0.6) is 0 Å². The quantitative estimate of drug-likeness (QED) is 0.723. The molecule has 1 aromatic rings. The van der Waals surface area contributed by atoms with Crippen LogP contribution < -0.4 is 5.73 Å². The van der Waals surface area contributed by atoms with E-state index >= 15 is 0 Å². The lowest BCUT2D eigenvalue weighted by Crippen LogP contribution is -2.28. The number of anilines is 1. The molecule has 90 valence electrons. The summed E-state index contributed by atoms with van der Waals surface area (Å²) in [6.07, 6.45) is 2.30. The van der Waals surface area contributed by atoms with E-state index in [4.69, 9.17) is 10.5 Å². The number of nitrogens with two attached hydrogens (primary N) is 1. The molecule has 0 atom stereocenters. The molecule has 0 saturated carbocycles. The molecule has 0 aliphatic carbocycles. The number of amides is 1. The van der Waals surface area contributed by atoms with Crippen molar-refractivity contribution in [3.05, 3.63) is 11.8 Å². The standard InChI is InChI=1S/C10H18N4O2/c1-13(5-4-6-16-3)10(15)8-7-12-14(2)9(8)11/h7H,4-6,11H2,1-3H3. The lowest BCUT2D eigenvalue weighted by atomic mass is 10.3. The van der Waals surface area contributed by atoms with Gasteiger partial charge in [0.1, 0.15) is 11.4 Å². The third-order valence-corrected chi connectivity index (χ3v) is 2.40. The van der Waals surface area contributed by atoms with Crippen LogP contribution in [0.15, 0.2) is 6.20 Å². The molecule has 2 N–H and O–H groups in total. The van der Waals surface area contributed by atoms with Gasteiger partial charge >= 0.3 is 0 Å². The van der Waals surface area contributed by atoms with Gasteiger partial charge in [-0.05, 0) is 6.42 Å². The SMILES string of the molecule is COCCCN(C)C(=O)c1cnn(C)c1N. The molecule has 16 heavy (non-hydrogen) atoms. The Morgan fingerprint density at radius 1 is 1.69 bits per heavy atom. The highest BCUT2D eigenvalue weighted by Crippen LogP contribution is 2.11. The molecule has 6 heteroatoms. The topological polar surface area (TPSA) is 73.4 Å². The molecule has 0 saturated heterocycles. The van der Waals surface area contributed by atoms with Gasteiger partial charge in [0.25, 0.3) is 5.91 Å². The molecule has 1 heterocycles. The summed E-state index contributed by atoms with van der Waals surface area (Å²) < 4.78 is 6.41. The van der Waals surface area contributed by atoms with Crippen molar-refractivity contribution in [3.8, 4) is 0 Å². The number of rotatable bonds is 5. The van der Waals surface area contributed by atoms with Gasteiger partial charge in [0.05, 0.1) is 6.20 Å². The Morgan fingerprint density at radius 2 is 2.38 bits per heavy atom. The molecule has 0 bridgehead atoms. The Hall–Kier alpha value is -1.56. The van der Waals surface area contributed by atoms with Crippen molar-refractivity contribution in [2.45, 2.75) is 6.42 Å². The van der Waals surface area contributed by atoms with E-state index in [-0.39, 0.29) is 5.91 Å². The van der Waals surface area contributed by atoms with E-state index in [1.165, 1.54) is 10.9 Å². The van der Waals surface area contributed by atoms with Crippen LogP contribution in [0.4, 0.5) is 5.82 Å². The predicted molar refractivity (Wildman–Crippen MR) is 61.1 cm³/mol. The molecule has 1 aromatic heterocycles. The number of nitrogens with zero attached hydrogens (tertiary/aromatic N) is 3. The molecule has 0 aromatic carbocycles. The van der Waals surface area contributed by atoms with E-state index in [2.05, 4.69) is 5.10 Å². The second kappa shape index (κ2) is 5.50. The summed E-state index contributed by atoms with van der Waals surface area (Å²) in [6, 6.07) is 0. The van der Waals surface area contributed by atoms with Crippen molar-refractivity contribution in [1.29, 1.82) is 0 Å². The average molecular weight is 226 g/mol. The number of hydrogen-bond acceptors (Lipinski definition) is 4. The summed E-state index contributed by atoms with van der Waals surface area (Å²) in [5.41, 5.74) is 6.17. The van der Waals surface area contributed by atoms with E-state index in [0.717, 1.165) is 6.42 Å². The summed E-state index contributed by atoms with van der Waals surface area (Å²) in [4.78, 5) is 13.5. The summed E-state index contributed by atoms with van der Waals surface area (Å²) in [5.74, 6) is 0.283. The number of methoxy groups -OCH3 is 1. The molecule has 1 amide bonds. The average Bonchev–Trinajstić information content (AvgIpc) is 2.59. The van der Waals surface area contributed by atoms with Crippen molar-refractivity contribution in [2.75, 3.05) is 33.0 Å². The van der Waals surface area contributed by atoms with Gasteiger partial charge in [-0.3, -0.25) is 9.48 Å². The van der Waals surface area contributed by atoms with Gasteiger partial charge in [-0.2, -0.15) is 5.10 Å². The fourth-order valence-corrected chi connectivity index (χ4v) is 1.36. The van der Waals surface area contributed by atoms with Crippen molar-refractivity contribution in [1.82, 2.24) is 14.7 Å². The number of nitrogen functional groups attached to an aromatic ring is 1. The lowest BCUT2D eigenvalue weighted by molar-refractivity contribution is 0.0780.